The van der Waals surface area contributed by atoms with Crippen LogP contribution in [0.4, 0.5) is 0 Å². The molecule has 0 saturated heterocycles. The highest BCUT2D eigenvalue weighted by Crippen LogP contribution is 2.46. The van der Waals surface area contributed by atoms with Gasteiger partial charge in [-0.25, -0.2) is 24.9 Å². The van der Waals surface area contributed by atoms with Gasteiger partial charge in [-0.15, -0.1) is 0 Å². The summed E-state index contributed by atoms with van der Waals surface area (Å²) in [7, 11) is 0. The zero-order chi connectivity index (χ0) is 45.2. The van der Waals surface area contributed by atoms with E-state index in [1.165, 1.54) is 32.7 Å². The summed E-state index contributed by atoms with van der Waals surface area (Å²) >= 11 is 0. The molecule has 0 aliphatic rings. The van der Waals surface area contributed by atoms with Gasteiger partial charge in [0.2, 0.25) is 0 Å². The van der Waals surface area contributed by atoms with Gasteiger partial charge < -0.3 is 0 Å². The quantitative estimate of drug-likeness (QED) is 0.145. The molecule has 12 rings (SSSR count). The standard InChI is InChI=1S/C63H41N5/c1-5-19-46(20-6-1)56-41-57(65-60(64-56)48-21-7-2-8-22-48)47-33-29-44(30-34-47)54-39-37-42-17-13-15-27-52(42)58(54)59-53-28-16-14-18-43(53)38-40-55(59)45-31-35-51(36-32-45)63-67-61(49-23-9-3-10-24-49)66-62(68-63)50-25-11-4-12-26-50/h1-41H. The third kappa shape index (κ3) is 7.78. The van der Waals surface area contributed by atoms with Gasteiger partial charge >= 0.3 is 0 Å². The molecule has 0 bridgehead atoms. The molecule has 0 aliphatic heterocycles. The summed E-state index contributed by atoms with van der Waals surface area (Å²) in [5, 5.41) is 4.73. The predicted molar refractivity (Wildman–Crippen MR) is 279 cm³/mol. The van der Waals surface area contributed by atoms with Crippen molar-refractivity contribution in [1.29, 1.82) is 0 Å². The molecule has 2 heterocycles. The highest BCUT2D eigenvalue weighted by molar-refractivity contribution is 6.15. The van der Waals surface area contributed by atoms with E-state index < -0.39 is 0 Å². The molecule has 0 unspecified atom stereocenters. The largest absolute Gasteiger partial charge is 0.228 e. The van der Waals surface area contributed by atoms with Gasteiger partial charge in [0.1, 0.15) is 0 Å². The maximum Gasteiger partial charge on any atom is 0.164 e. The Labute approximate surface area is 394 Å². The van der Waals surface area contributed by atoms with E-state index in [4.69, 9.17) is 24.9 Å². The lowest BCUT2D eigenvalue weighted by molar-refractivity contribution is 1.07. The van der Waals surface area contributed by atoms with E-state index in [0.29, 0.717) is 23.3 Å². The van der Waals surface area contributed by atoms with Crippen LogP contribution in [0.1, 0.15) is 0 Å². The maximum absolute atomic E-state index is 5.13. The van der Waals surface area contributed by atoms with Crippen molar-refractivity contribution in [3.8, 4) is 101 Å². The van der Waals surface area contributed by atoms with Crippen LogP contribution < -0.4 is 0 Å². The van der Waals surface area contributed by atoms with Gasteiger partial charge in [0.15, 0.2) is 23.3 Å². The number of nitrogens with zero attached hydrogens (tertiary/aromatic N) is 5. The van der Waals surface area contributed by atoms with Crippen LogP contribution in [0, 0.1) is 0 Å². The molecule has 0 N–H and O–H groups in total. The van der Waals surface area contributed by atoms with E-state index in [-0.39, 0.29) is 0 Å². The Morgan fingerprint density at radius 1 is 0.206 bits per heavy atom. The minimum atomic E-state index is 0.623. The van der Waals surface area contributed by atoms with Crippen molar-refractivity contribution in [2.75, 3.05) is 0 Å². The Morgan fingerprint density at radius 3 is 0.912 bits per heavy atom. The van der Waals surface area contributed by atoms with E-state index in [1.54, 1.807) is 0 Å². The molecule has 10 aromatic carbocycles. The molecule has 68 heavy (non-hydrogen) atoms. The minimum Gasteiger partial charge on any atom is -0.228 e. The van der Waals surface area contributed by atoms with Crippen LogP contribution in [-0.4, -0.2) is 24.9 Å². The van der Waals surface area contributed by atoms with Crippen molar-refractivity contribution in [3.05, 3.63) is 249 Å². The SMILES string of the molecule is c1ccc(-c2cc(-c3ccc(-c4ccc5ccccc5c4-c4c(-c5ccc(-c6nc(-c7ccccc7)nc(-c7ccccc7)n6)cc5)ccc5ccccc45)cc3)nc(-c3ccccc3)n2)cc1. The van der Waals surface area contributed by atoms with Crippen molar-refractivity contribution in [1.82, 2.24) is 24.9 Å². The van der Waals surface area contributed by atoms with Crippen LogP contribution in [0.2, 0.25) is 0 Å². The second kappa shape index (κ2) is 17.7. The summed E-state index contributed by atoms with van der Waals surface area (Å²) in [6.07, 6.45) is 0. The van der Waals surface area contributed by atoms with Crippen molar-refractivity contribution in [2.24, 2.45) is 0 Å². The molecule has 0 spiro atoms. The van der Waals surface area contributed by atoms with Crippen LogP contribution in [0.25, 0.3) is 123 Å². The van der Waals surface area contributed by atoms with Crippen LogP contribution in [-0.2, 0) is 0 Å². The zero-order valence-corrected chi connectivity index (χ0v) is 36.9. The molecular formula is C63H41N5. The second-order valence-electron chi connectivity index (χ2n) is 16.8. The molecule has 0 fully saturated rings. The van der Waals surface area contributed by atoms with Gasteiger partial charge in [0, 0.05) is 33.4 Å². The lowest BCUT2D eigenvalue weighted by atomic mass is 9.83. The Bertz CT molecular complexity index is 3380. The topological polar surface area (TPSA) is 64.5 Å². The second-order valence-corrected chi connectivity index (χ2v) is 16.8. The first-order valence-corrected chi connectivity index (χ1v) is 22.8. The smallest absolute Gasteiger partial charge is 0.164 e. The first-order chi connectivity index (χ1) is 33.7. The average molecular weight is 868 g/mol. The summed E-state index contributed by atoms with van der Waals surface area (Å²) in [6.45, 7) is 0. The Kier molecular flexibility index (Phi) is 10.5. The molecule has 5 heteroatoms. The Balaban J connectivity index is 0.987. The molecule has 0 radical (unpaired) electrons. The molecule has 5 nitrogen and oxygen atoms in total. The van der Waals surface area contributed by atoms with Gasteiger partial charge in [-0.2, -0.15) is 0 Å². The monoisotopic (exact) mass is 867 g/mol. The van der Waals surface area contributed by atoms with Gasteiger partial charge in [0.25, 0.3) is 0 Å². The number of aromatic nitrogens is 5. The fraction of sp³-hybridized carbons (Fsp3) is 0. The molecule has 12 aromatic rings. The molecular weight excluding hydrogens is 827 g/mol. The number of rotatable bonds is 9. The maximum atomic E-state index is 5.13. The molecule has 0 atom stereocenters. The fourth-order valence-electron chi connectivity index (χ4n) is 9.19. The number of fused-ring (bicyclic) bond motifs is 2. The van der Waals surface area contributed by atoms with E-state index in [2.05, 4.69) is 152 Å². The van der Waals surface area contributed by atoms with Crippen molar-refractivity contribution in [3.63, 3.8) is 0 Å². The van der Waals surface area contributed by atoms with Crippen LogP contribution in [0.5, 0.6) is 0 Å². The summed E-state index contributed by atoms with van der Waals surface area (Å²) < 4.78 is 0. The summed E-state index contributed by atoms with van der Waals surface area (Å²) in [4.78, 5) is 25.1. The summed E-state index contributed by atoms with van der Waals surface area (Å²) in [5.41, 5.74) is 14.4. The van der Waals surface area contributed by atoms with Gasteiger partial charge in [-0.3, -0.25) is 0 Å². The summed E-state index contributed by atoms with van der Waals surface area (Å²) in [5.74, 6) is 2.59. The molecule has 0 saturated carbocycles. The third-order valence-corrected chi connectivity index (χ3v) is 12.6. The highest BCUT2D eigenvalue weighted by Gasteiger charge is 2.20. The van der Waals surface area contributed by atoms with Crippen molar-refractivity contribution >= 4 is 21.5 Å². The fourth-order valence-corrected chi connectivity index (χ4v) is 9.19. The van der Waals surface area contributed by atoms with E-state index in [9.17, 15) is 0 Å². The molecule has 2 aromatic heterocycles. The van der Waals surface area contributed by atoms with E-state index in [0.717, 1.165) is 67.0 Å². The van der Waals surface area contributed by atoms with Crippen LogP contribution in [0.3, 0.4) is 0 Å². The average Bonchev–Trinajstić information content (AvgIpc) is 3.43. The van der Waals surface area contributed by atoms with E-state index in [1.807, 2.05) is 97.1 Å². The van der Waals surface area contributed by atoms with Crippen molar-refractivity contribution in [2.45, 2.75) is 0 Å². The zero-order valence-electron chi connectivity index (χ0n) is 36.9. The highest BCUT2D eigenvalue weighted by atomic mass is 15.0. The lowest BCUT2D eigenvalue weighted by Gasteiger charge is -2.20. The minimum absolute atomic E-state index is 0.623. The third-order valence-electron chi connectivity index (χ3n) is 12.6. The first-order valence-electron chi connectivity index (χ1n) is 22.8. The van der Waals surface area contributed by atoms with E-state index >= 15 is 0 Å². The van der Waals surface area contributed by atoms with Crippen LogP contribution in [0.15, 0.2) is 249 Å². The lowest BCUT2D eigenvalue weighted by Crippen LogP contribution is -2.00. The normalized spacial score (nSPS) is 11.2. The Hall–Kier alpha value is -9.19. The van der Waals surface area contributed by atoms with Gasteiger partial charge in [-0.05, 0) is 61.0 Å². The van der Waals surface area contributed by atoms with Crippen molar-refractivity contribution < 1.29 is 0 Å². The van der Waals surface area contributed by atoms with Gasteiger partial charge in [0.05, 0.1) is 11.4 Å². The van der Waals surface area contributed by atoms with Crippen LogP contribution >= 0.6 is 0 Å². The number of benzene rings is 10. The number of hydrogen-bond acceptors (Lipinski definition) is 5. The Morgan fingerprint density at radius 2 is 0.500 bits per heavy atom. The molecule has 318 valence electrons. The summed E-state index contributed by atoms with van der Waals surface area (Å²) in [6, 6.07) is 86.8. The molecule has 0 aliphatic carbocycles. The van der Waals surface area contributed by atoms with Gasteiger partial charge in [-0.1, -0.05) is 243 Å². The number of hydrogen-bond donors (Lipinski definition) is 0. The predicted octanol–water partition coefficient (Wildman–Crippen LogP) is 16.0. The molecule has 0 amide bonds. The first kappa shape index (κ1) is 40.3.